The molecule has 0 radical (unpaired) electrons. The molecule has 1 fully saturated rings. The zero-order chi connectivity index (χ0) is 21.8. The molecule has 31 heavy (non-hydrogen) atoms. The van der Waals surface area contributed by atoms with E-state index in [0.717, 1.165) is 55.1 Å². The average Bonchev–Trinajstić information content (AvgIpc) is 2.81. The minimum atomic E-state index is 0.438. The first-order chi connectivity index (χ1) is 15.0. The summed E-state index contributed by atoms with van der Waals surface area (Å²) in [5, 5.41) is 0. The fourth-order valence-corrected chi connectivity index (χ4v) is 4.44. The van der Waals surface area contributed by atoms with Gasteiger partial charge in [-0.25, -0.2) is 0 Å². The van der Waals surface area contributed by atoms with Gasteiger partial charge in [0.25, 0.3) is 0 Å². The number of hydrogen-bond acceptors (Lipinski definition) is 3. The van der Waals surface area contributed by atoms with Crippen LogP contribution in [0.25, 0.3) is 0 Å². The number of aldehydes is 1. The lowest BCUT2D eigenvalue weighted by Gasteiger charge is -2.37. The zero-order valence-electron chi connectivity index (χ0n) is 18.6. The van der Waals surface area contributed by atoms with Crippen molar-refractivity contribution in [3.63, 3.8) is 0 Å². The smallest absolute Gasteiger partial charge is 0.150 e. The summed E-state index contributed by atoms with van der Waals surface area (Å²) in [7, 11) is 0. The van der Waals surface area contributed by atoms with E-state index in [-0.39, 0.29) is 0 Å². The third kappa shape index (κ3) is 4.80. The highest BCUT2D eigenvalue weighted by molar-refractivity contribution is 5.79. The molecule has 160 valence electrons. The Kier molecular flexibility index (Phi) is 6.38. The Labute approximate surface area is 185 Å². The minimum absolute atomic E-state index is 0.438. The van der Waals surface area contributed by atoms with Gasteiger partial charge in [-0.15, -0.1) is 0 Å². The Bertz CT molecular complexity index is 1020. The van der Waals surface area contributed by atoms with Crippen LogP contribution in [0.2, 0.25) is 0 Å². The average molecular weight is 416 g/mol. The van der Waals surface area contributed by atoms with Crippen molar-refractivity contribution in [2.45, 2.75) is 26.8 Å². The number of quaternary nitrogens is 1. The van der Waals surface area contributed by atoms with Crippen molar-refractivity contribution in [2.24, 2.45) is 0 Å². The maximum atomic E-state index is 11.2. The number of para-hydroxylation sites is 1. The van der Waals surface area contributed by atoms with E-state index in [4.69, 9.17) is 4.74 Å². The topological polar surface area (TPSA) is 34.0 Å². The molecule has 0 aliphatic carbocycles. The van der Waals surface area contributed by atoms with E-state index in [1.54, 1.807) is 4.90 Å². The molecule has 0 amide bonds. The highest BCUT2D eigenvalue weighted by Crippen LogP contribution is 2.25. The van der Waals surface area contributed by atoms with E-state index in [1.807, 2.05) is 43.3 Å². The number of carbonyl (C=O) groups is 1. The van der Waals surface area contributed by atoms with Crippen LogP contribution in [-0.2, 0) is 0 Å². The minimum Gasteiger partial charge on any atom is -0.457 e. The van der Waals surface area contributed by atoms with E-state index in [9.17, 15) is 4.79 Å². The van der Waals surface area contributed by atoms with E-state index in [2.05, 4.69) is 49.1 Å². The van der Waals surface area contributed by atoms with Crippen molar-refractivity contribution in [1.82, 2.24) is 0 Å². The van der Waals surface area contributed by atoms with Gasteiger partial charge in [-0.1, -0.05) is 18.2 Å². The van der Waals surface area contributed by atoms with Gasteiger partial charge in [0.1, 0.15) is 23.8 Å². The van der Waals surface area contributed by atoms with Crippen LogP contribution in [-0.4, -0.2) is 32.5 Å². The van der Waals surface area contributed by atoms with Crippen LogP contribution in [0.4, 0.5) is 5.69 Å². The van der Waals surface area contributed by atoms with Crippen molar-refractivity contribution in [2.75, 3.05) is 31.1 Å². The monoisotopic (exact) mass is 415 g/mol. The predicted octanol–water partition coefficient (Wildman–Crippen LogP) is 4.37. The van der Waals surface area contributed by atoms with Crippen LogP contribution >= 0.6 is 0 Å². The maximum absolute atomic E-state index is 11.2. The molecule has 1 saturated heterocycles. The number of nitrogens with zero attached hydrogens (tertiary/aromatic N) is 1. The number of aryl methyl sites for hydroxylation is 2. The molecule has 1 heterocycles. The van der Waals surface area contributed by atoms with Crippen molar-refractivity contribution in [3.05, 3.63) is 89.0 Å². The number of anilines is 1. The van der Waals surface area contributed by atoms with Gasteiger partial charge < -0.3 is 14.5 Å². The third-order valence-electron chi connectivity index (χ3n) is 6.43. The molecule has 1 atom stereocenters. The van der Waals surface area contributed by atoms with Crippen LogP contribution in [0.3, 0.4) is 0 Å². The Morgan fingerprint density at radius 1 is 0.903 bits per heavy atom. The number of carbonyl (C=O) groups excluding carboxylic acids is 1. The molecule has 0 unspecified atom stereocenters. The molecule has 0 aromatic heterocycles. The standard InChI is InChI=1S/C27H30N2O2/c1-20-18-27(21(2)17-24(20)19-30)29-15-13-28(14-16-29)22(3)23-9-11-26(12-10-23)31-25-7-5-4-6-8-25/h4-12,17-19,22H,13-16H2,1-3H3/p+1/t22-/m0/s1. The summed E-state index contributed by atoms with van der Waals surface area (Å²) in [5.74, 6) is 1.73. The second kappa shape index (κ2) is 9.36. The molecule has 4 rings (SSSR count). The van der Waals surface area contributed by atoms with Gasteiger partial charge in [-0.3, -0.25) is 4.79 Å². The second-order valence-electron chi connectivity index (χ2n) is 8.46. The van der Waals surface area contributed by atoms with Gasteiger partial charge in [-0.2, -0.15) is 0 Å². The summed E-state index contributed by atoms with van der Waals surface area (Å²) in [6, 6.07) is 23.0. The summed E-state index contributed by atoms with van der Waals surface area (Å²) in [6.07, 6.45) is 0.950. The lowest BCUT2D eigenvalue weighted by molar-refractivity contribution is -0.930. The van der Waals surface area contributed by atoms with E-state index >= 15 is 0 Å². The van der Waals surface area contributed by atoms with Gasteiger partial charge >= 0.3 is 0 Å². The first kappa shape index (κ1) is 21.1. The molecule has 0 saturated carbocycles. The molecule has 0 bridgehead atoms. The predicted molar refractivity (Wildman–Crippen MR) is 126 cm³/mol. The largest absolute Gasteiger partial charge is 0.457 e. The maximum Gasteiger partial charge on any atom is 0.150 e. The van der Waals surface area contributed by atoms with Crippen molar-refractivity contribution < 1.29 is 14.4 Å². The van der Waals surface area contributed by atoms with Crippen LogP contribution in [0.1, 0.15) is 40.0 Å². The van der Waals surface area contributed by atoms with Gasteiger partial charge in [0.15, 0.2) is 0 Å². The highest BCUT2D eigenvalue weighted by atomic mass is 16.5. The normalized spacial score (nSPS) is 15.5. The number of ether oxygens (including phenoxy) is 1. The Morgan fingerprint density at radius 3 is 2.19 bits per heavy atom. The SMILES string of the molecule is Cc1cc(N2CC[NH+]([C@@H](C)c3ccc(Oc4ccccc4)cc3)CC2)c(C)cc1C=O. The summed E-state index contributed by atoms with van der Waals surface area (Å²) in [4.78, 5) is 15.3. The van der Waals surface area contributed by atoms with E-state index in [0.29, 0.717) is 6.04 Å². The molecular weight excluding hydrogens is 384 g/mol. The second-order valence-corrected chi connectivity index (χ2v) is 8.46. The Balaban J connectivity index is 1.37. The number of rotatable bonds is 6. The van der Waals surface area contributed by atoms with Crippen LogP contribution in [0, 0.1) is 13.8 Å². The number of benzene rings is 3. The summed E-state index contributed by atoms with van der Waals surface area (Å²) < 4.78 is 5.92. The fourth-order valence-electron chi connectivity index (χ4n) is 4.44. The molecule has 3 aromatic rings. The van der Waals surface area contributed by atoms with Crippen molar-refractivity contribution in [3.8, 4) is 11.5 Å². The molecule has 1 aliphatic rings. The molecule has 1 N–H and O–H groups in total. The first-order valence-electron chi connectivity index (χ1n) is 11.0. The van der Waals surface area contributed by atoms with Crippen LogP contribution < -0.4 is 14.5 Å². The van der Waals surface area contributed by atoms with Crippen LogP contribution in [0.5, 0.6) is 11.5 Å². The molecule has 4 nitrogen and oxygen atoms in total. The third-order valence-corrected chi connectivity index (χ3v) is 6.43. The Hall–Kier alpha value is -3.11. The first-order valence-corrected chi connectivity index (χ1v) is 11.0. The summed E-state index contributed by atoms with van der Waals surface area (Å²) >= 11 is 0. The molecule has 4 heteroatoms. The summed E-state index contributed by atoms with van der Waals surface area (Å²) in [5.41, 5.74) is 5.62. The molecule has 3 aromatic carbocycles. The number of nitrogens with one attached hydrogen (secondary N) is 1. The number of hydrogen-bond donors (Lipinski definition) is 1. The number of piperazine rings is 1. The summed E-state index contributed by atoms with van der Waals surface area (Å²) in [6.45, 7) is 10.7. The van der Waals surface area contributed by atoms with Gasteiger partial charge in [0.2, 0.25) is 0 Å². The van der Waals surface area contributed by atoms with Gasteiger partial charge in [0, 0.05) is 16.8 Å². The zero-order valence-corrected chi connectivity index (χ0v) is 18.6. The van der Waals surface area contributed by atoms with E-state index in [1.165, 1.54) is 16.8 Å². The van der Waals surface area contributed by atoms with Gasteiger partial charge in [0.05, 0.1) is 26.2 Å². The lowest BCUT2D eigenvalue weighted by Crippen LogP contribution is -3.14. The lowest BCUT2D eigenvalue weighted by atomic mass is 10.0. The Morgan fingerprint density at radius 2 is 1.55 bits per heavy atom. The van der Waals surface area contributed by atoms with E-state index < -0.39 is 0 Å². The molecular formula is C27H31N2O2+. The highest BCUT2D eigenvalue weighted by Gasteiger charge is 2.26. The molecule has 1 aliphatic heterocycles. The molecule has 0 spiro atoms. The van der Waals surface area contributed by atoms with Crippen LogP contribution in [0.15, 0.2) is 66.7 Å². The van der Waals surface area contributed by atoms with Gasteiger partial charge in [-0.05, 0) is 80.4 Å². The van der Waals surface area contributed by atoms with Crippen molar-refractivity contribution in [1.29, 1.82) is 0 Å². The van der Waals surface area contributed by atoms with Crippen molar-refractivity contribution >= 4 is 12.0 Å². The fraction of sp³-hybridized carbons (Fsp3) is 0.296. The quantitative estimate of drug-likeness (QED) is 0.607.